The number of Topliss-reactive ketones (excluding diaryl/α,β-unsaturated/α-hetero) is 1. The maximum absolute atomic E-state index is 11.8. The Hall–Kier alpha value is -1.86. The Balaban J connectivity index is 2.30. The number of aryl methyl sites for hydroxylation is 1. The lowest BCUT2D eigenvalue weighted by atomic mass is 9.99. The third kappa shape index (κ3) is 3.82. The number of halogens is 1. The molecule has 0 aliphatic heterocycles. The van der Waals surface area contributed by atoms with Crippen molar-refractivity contribution in [1.29, 1.82) is 0 Å². The van der Waals surface area contributed by atoms with Crippen LogP contribution in [0.4, 0.5) is 0 Å². The molecule has 0 aliphatic rings. The number of rotatable bonds is 4. The predicted octanol–water partition coefficient (Wildman–Crippen LogP) is 4.86. The fourth-order valence-electron chi connectivity index (χ4n) is 1.98. The van der Waals surface area contributed by atoms with E-state index in [0.717, 1.165) is 16.7 Å². The highest BCUT2D eigenvalue weighted by Crippen LogP contribution is 2.20. The smallest absolute Gasteiger partial charge is 0.156 e. The minimum absolute atomic E-state index is 0.0745. The molecular formula is C18H17ClO. The quantitative estimate of drug-likeness (QED) is 0.733. The number of carbonyl (C=O) groups excluding carboxylic acids is 1. The molecule has 0 bridgehead atoms. The summed E-state index contributed by atoms with van der Waals surface area (Å²) in [7, 11) is 0. The van der Waals surface area contributed by atoms with Gasteiger partial charge >= 0.3 is 0 Å². The monoisotopic (exact) mass is 284 g/mol. The summed E-state index contributed by atoms with van der Waals surface area (Å²) >= 11 is 6.14. The molecule has 2 rings (SSSR count). The van der Waals surface area contributed by atoms with Gasteiger partial charge in [-0.3, -0.25) is 4.79 Å². The zero-order chi connectivity index (χ0) is 14.5. The maximum atomic E-state index is 11.8. The molecule has 1 nitrogen and oxygen atoms in total. The molecule has 0 unspecified atom stereocenters. The van der Waals surface area contributed by atoms with Crippen molar-refractivity contribution in [3.63, 3.8) is 0 Å². The van der Waals surface area contributed by atoms with Crippen molar-refractivity contribution in [3.05, 3.63) is 75.8 Å². The molecule has 0 saturated heterocycles. The SMILES string of the molecule is CC(=O)/C(=C/c1ccccc1Cl)Cc1ccc(C)cc1. The molecule has 0 saturated carbocycles. The van der Waals surface area contributed by atoms with E-state index in [0.29, 0.717) is 11.4 Å². The molecule has 0 fully saturated rings. The lowest BCUT2D eigenvalue weighted by molar-refractivity contribution is -0.113. The Morgan fingerprint density at radius 2 is 1.75 bits per heavy atom. The first-order valence-corrected chi connectivity index (χ1v) is 6.95. The average molecular weight is 285 g/mol. The summed E-state index contributed by atoms with van der Waals surface area (Å²) in [6.07, 6.45) is 2.51. The van der Waals surface area contributed by atoms with Crippen LogP contribution >= 0.6 is 11.6 Å². The van der Waals surface area contributed by atoms with E-state index >= 15 is 0 Å². The van der Waals surface area contributed by atoms with Crippen molar-refractivity contribution in [2.75, 3.05) is 0 Å². The van der Waals surface area contributed by atoms with Crippen molar-refractivity contribution in [2.24, 2.45) is 0 Å². The molecular weight excluding hydrogens is 268 g/mol. The zero-order valence-corrected chi connectivity index (χ0v) is 12.4. The van der Waals surface area contributed by atoms with E-state index in [2.05, 4.69) is 31.2 Å². The van der Waals surface area contributed by atoms with Crippen LogP contribution in [0.1, 0.15) is 23.6 Å². The molecule has 2 aromatic rings. The van der Waals surface area contributed by atoms with Crippen LogP contribution in [0, 0.1) is 6.92 Å². The minimum Gasteiger partial charge on any atom is -0.295 e. The van der Waals surface area contributed by atoms with Gasteiger partial charge in [0, 0.05) is 11.4 Å². The lowest BCUT2D eigenvalue weighted by Crippen LogP contribution is -2.01. The van der Waals surface area contributed by atoms with Gasteiger partial charge in [0.15, 0.2) is 5.78 Å². The van der Waals surface area contributed by atoms with E-state index in [1.54, 1.807) is 6.92 Å². The van der Waals surface area contributed by atoms with Crippen LogP contribution < -0.4 is 0 Å². The fourth-order valence-corrected chi connectivity index (χ4v) is 2.17. The standard InChI is InChI=1S/C18H17ClO/c1-13-7-9-15(10-8-13)11-17(14(2)20)12-16-5-3-4-6-18(16)19/h3-10,12H,11H2,1-2H3/b17-12+. The van der Waals surface area contributed by atoms with Gasteiger partial charge in [0.25, 0.3) is 0 Å². The van der Waals surface area contributed by atoms with Crippen molar-refractivity contribution in [1.82, 2.24) is 0 Å². The van der Waals surface area contributed by atoms with E-state index in [-0.39, 0.29) is 5.78 Å². The van der Waals surface area contributed by atoms with Gasteiger partial charge in [-0.15, -0.1) is 0 Å². The summed E-state index contributed by atoms with van der Waals surface area (Å²) in [5.74, 6) is 0.0745. The summed E-state index contributed by atoms with van der Waals surface area (Å²) in [5, 5.41) is 0.662. The molecule has 0 amide bonds. The van der Waals surface area contributed by atoms with Crippen molar-refractivity contribution in [3.8, 4) is 0 Å². The third-order valence-corrected chi connectivity index (χ3v) is 3.55. The molecule has 0 spiro atoms. The van der Waals surface area contributed by atoms with Gasteiger partial charge in [-0.1, -0.05) is 59.6 Å². The Kier molecular flexibility index (Phi) is 4.75. The van der Waals surface area contributed by atoms with Crippen molar-refractivity contribution in [2.45, 2.75) is 20.3 Å². The van der Waals surface area contributed by atoms with Gasteiger partial charge in [-0.2, -0.15) is 0 Å². The van der Waals surface area contributed by atoms with Crippen molar-refractivity contribution < 1.29 is 4.79 Å². The summed E-state index contributed by atoms with van der Waals surface area (Å²) in [6.45, 7) is 3.64. The molecule has 102 valence electrons. The topological polar surface area (TPSA) is 17.1 Å². The second-order valence-corrected chi connectivity index (χ2v) is 5.32. The summed E-state index contributed by atoms with van der Waals surface area (Å²) in [4.78, 5) is 11.8. The molecule has 2 aromatic carbocycles. The highest BCUT2D eigenvalue weighted by atomic mass is 35.5. The van der Waals surface area contributed by atoms with Crippen LogP contribution in [-0.2, 0) is 11.2 Å². The summed E-state index contributed by atoms with van der Waals surface area (Å²) in [5.41, 5.74) is 3.99. The van der Waals surface area contributed by atoms with Crippen LogP contribution in [-0.4, -0.2) is 5.78 Å². The molecule has 0 radical (unpaired) electrons. The van der Waals surface area contributed by atoms with Gasteiger partial charge in [0.2, 0.25) is 0 Å². The van der Waals surface area contributed by atoms with E-state index in [9.17, 15) is 4.79 Å². The maximum Gasteiger partial charge on any atom is 0.156 e. The van der Waals surface area contributed by atoms with E-state index < -0.39 is 0 Å². The first kappa shape index (κ1) is 14.5. The average Bonchev–Trinajstić information content (AvgIpc) is 2.42. The first-order valence-electron chi connectivity index (χ1n) is 6.58. The lowest BCUT2D eigenvalue weighted by Gasteiger charge is -2.06. The van der Waals surface area contributed by atoms with Crippen LogP contribution in [0.2, 0.25) is 5.02 Å². The number of benzene rings is 2. The molecule has 0 heterocycles. The van der Waals surface area contributed by atoms with Crippen LogP contribution in [0.5, 0.6) is 0 Å². The highest BCUT2D eigenvalue weighted by Gasteiger charge is 2.07. The number of hydrogen-bond donors (Lipinski definition) is 0. The van der Waals surface area contributed by atoms with Gasteiger partial charge < -0.3 is 0 Å². The van der Waals surface area contributed by atoms with Gasteiger partial charge in [0.1, 0.15) is 0 Å². The fraction of sp³-hybridized carbons (Fsp3) is 0.167. The molecule has 0 aromatic heterocycles. The number of carbonyl (C=O) groups is 1. The third-order valence-electron chi connectivity index (χ3n) is 3.20. The van der Waals surface area contributed by atoms with Crippen molar-refractivity contribution >= 4 is 23.5 Å². The minimum atomic E-state index is 0.0745. The second kappa shape index (κ2) is 6.53. The highest BCUT2D eigenvalue weighted by molar-refractivity contribution is 6.32. The zero-order valence-electron chi connectivity index (χ0n) is 11.7. The number of ketones is 1. The first-order chi connectivity index (χ1) is 9.56. The second-order valence-electron chi connectivity index (χ2n) is 4.91. The predicted molar refractivity (Wildman–Crippen MR) is 85.0 cm³/mol. The van der Waals surface area contributed by atoms with E-state index in [1.165, 1.54) is 5.56 Å². The molecule has 2 heteroatoms. The van der Waals surface area contributed by atoms with E-state index in [4.69, 9.17) is 11.6 Å². The van der Waals surface area contributed by atoms with Gasteiger partial charge in [-0.25, -0.2) is 0 Å². The van der Waals surface area contributed by atoms with E-state index in [1.807, 2.05) is 30.3 Å². The molecule has 0 N–H and O–H groups in total. The summed E-state index contributed by atoms with van der Waals surface area (Å²) in [6, 6.07) is 15.8. The largest absolute Gasteiger partial charge is 0.295 e. The Morgan fingerprint density at radius 3 is 2.35 bits per heavy atom. The Bertz CT molecular complexity index is 639. The Morgan fingerprint density at radius 1 is 1.10 bits per heavy atom. The Labute approximate surface area is 124 Å². The normalized spacial score (nSPS) is 11.4. The molecule has 0 aliphatic carbocycles. The van der Waals surface area contributed by atoms with Crippen LogP contribution in [0.15, 0.2) is 54.1 Å². The van der Waals surface area contributed by atoms with Crippen LogP contribution in [0.25, 0.3) is 6.08 Å². The summed E-state index contributed by atoms with van der Waals surface area (Å²) < 4.78 is 0. The number of hydrogen-bond acceptors (Lipinski definition) is 1. The molecule has 0 atom stereocenters. The molecule has 20 heavy (non-hydrogen) atoms. The van der Waals surface area contributed by atoms with Gasteiger partial charge in [-0.05, 0) is 42.7 Å². The van der Waals surface area contributed by atoms with Gasteiger partial charge in [0.05, 0.1) is 0 Å². The number of allylic oxidation sites excluding steroid dienone is 1. The van der Waals surface area contributed by atoms with Crippen LogP contribution in [0.3, 0.4) is 0 Å².